The Morgan fingerprint density at radius 2 is 1.93 bits per heavy atom. The second kappa shape index (κ2) is 6.84. The topological polar surface area (TPSA) is 64.3 Å². The third-order valence-corrected chi connectivity index (χ3v) is 3.89. The van der Waals surface area contributed by atoms with Gasteiger partial charge in [0.2, 0.25) is 5.95 Å². The molecule has 0 saturated heterocycles. The predicted molar refractivity (Wildman–Crippen MR) is 97.4 cm³/mol. The summed E-state index contributed by atoms with van der Waals surface area (Å²) >= 11 is 0. The third kappa shape index (κ3) is 3.88. The molecule has 9 heteroatoms. The minimum absolute atomic E-state index is 0.294. The molecule has 0 atom stereocenters. The molecule has 3 aromatic heterocycles. The molecule has 0 spiro atoms. The number of anilines is 2. The van der Waals surface area contributed by atoms with Crippen LogP contribution in [0.25, 0.3) is 16.8 Å². The highest BCUT2D eigenvalue weighted by molar-refractivity contribution is 5.78. The van der Waals surface area contributed by atoms with Gasteiger partial charge < -0.3 is 10.1 Å². The summed E-state index contributed by atoms with van der Waals surface area (Å²) in [6.45, 7) is 1.87. The van der Waals surface area contributed by atoms with Crippen LogP contribution in [-0.2, 0) is 0 Å². The van der Waals surface area contributed by atoms with Crippen molar-refractivity contribution in [1.82, 2.24) is 19.6 Å². The molecule has 4 rings (SSSR count). The van der Waals surface area contributed by atoms with Crippen molar-refractivity contribution >= 4 is 17.3 Å². The lowest BCUT2D eigenvalue weighted by Gasteiger charge is -2.10. The molecule has 0 unspecified atom stereocenters. The van der Waals surface area contributed by atoms with Gasteiger partial charge in [0.15, 0.2) is 5.65 Å². The highest BCUT2D eigenvalue weighted by Gasteiger charge is 2.31. The van der Waals surface area contributed by atoms with E-state index in [1.54, 1.807) is 41.2 Å². The molecular formula is C19H14F3N5O. The lowest BCUT2D eigenvalue weighted by atomic mass is 10.1. The fraction of sp³-hybridized carbons (Fsp3) is 0.105. The van der Waals surface area contributed by atoms with Crippen molar-refractivity contribution < 1.29 is 17.9 Å². The largest absolute Gasteiger partial charge is 0.573 e. The van der Waals surface area contributed by atoms with Gasteiger partial charge in [-0.1, -0.05) is 12.1 Å². The highest BCUT2D eigenvalue weighted by Crippen LogP contribution is 2.30. The Bertz CT molecular complexity index is 1140. The summed E-state index contributed by atoms with van der Waals surface area (Å²) in [5, 5.41) is 7.47. The number of aryl methyl sites for hydroxylation is 1. The maximum absolute atomic E-state index is 12.5. The molecule has 4 aromatic rings. The Labute approximate surface area is 157 Å². The normalized spacial score (nSPS) is 11.6. The number of nitrogens with zero attached hydrogens (tertiary/aromatic N) is 4. The number of hydrogen-bond donors (Lipinski definition) is 1. The molecule has 0 saturated carbocycles. The van der Waals surface area contributed by atoms with Gasteiger partial charge in [0.25, 0.3) is 0 Å². The average Bonchev–Trinajstić information content (AvgIpc) is 3.02. The van der Waals surface area contributed by atoms with Crippen LogP contribution in [0.15, 0.2) is 60.9 Å². The number of alkyl halides is 3. The van der Waals surface area contributed by atoms with Gasteiger partial charge in [-0.15, -0.1) is 18.3 Å². The van der Waals surface area contributed by atoms with Crippen molar-refractivity contribution in [3.05, 3.63) is 66.6 Å². The van der Waals surface area contributed by atoms with Gasteiger partial charge in [0.1, 0.15) is 5.75 Å². The smallest absolute Gasteiger partial charge is 0.406 e. The summed E-state index contributed by atoms with van der Waals surface area (Å²) in [6.07, 6.45) is -1.37. The number of benzene rings is 1. The van der Waals surface area contributed by atoms with Gasteiger partial charge in [-0.25, -0.2) is 4.52 Å². The van der Waals surface area contributed by atoms with Crippen LogP contribution in [0.1, 0.15) is 5.69 Å². The van der Waals surface area contributed by atoms with E-state index in [-0.39, 0.29) is 5.75 Å². The molecule has 0 bridgehead atoms. The molecule has 3 heterocycles. The molecule has 1 aromatic carbocycles. The quantitative estimate of drug-likeness (QED) is 0.550. The van der Waals surface area contributed by atoms with E-state index in [0.717, 1.165) is 11.4 Å². The monoisotopic (exact) mass is 385 g/mol. The number of fused-ring (bicyclic) bond motifs is 1. The van der Waals surface area contributed by atoms with Crippen LogP contribution in [-0.4, -0.2) is 25.9 Å². The highest BCUT2D eigenvalue weighted by atomic mass is 19.4. The van der Waals surface area contributed by atoms with Gasteiger partial charge in [0, 0.05) is 29.3 Å². The first kappa shape index (κ1) is 17.8. The first-order chi connectivity index (χ1) is 13.4. The Balaban J connectivity index is 1.71. The SMILES string of the molecule is Cc1cc(Nc2nc3c(-c4cccc(OC(F)(F)F)c4)cccn3n2)ccn1. The Hall–Kier alpha value is -3.62. The summed E-state index contributed by atoms with van der Waals surface area (Å²) in [4.78, 5) is 8.61. The van der Waals surface area contributed by atoms with E-state index in [0.29, 0.717) is 22.7 Å². The van der Waals surface area contributed by atoms with Crippen molar-refractivity contribution in [2.45, 2.75) is 13.3 Å². The van der Waals surface area contributed by atoms with Crippen LogP contribution in [0.4, 0.5) is 24.8 Å². The molecule has 0 radical (unpaired) electrons. The molecule has 6 nitrogen and oxygen atoms in total. The standard InChI is InChI=1S/C19H14F3N5O/c1-12-10-14(7-8-23-12)24-18-25-17-16(6-3-9-27(17)26-18)13-4-2-5-15(11-13)28-19(20,21)22/h2-11H,1H3,(H,23,24,26). The molecule has 0 aliphatic carbocycles. The van der Waals surface area contributed by atoms with Gasteiger partial charge in [-0.3, -0.25) is 4.98 Å². The van der Waals surface area contributed by atoms with E-state index in [1.165, 1.54) is 18.2 Å². The minimum Gasteiger partial charge on any atom is -0.406 e. The van der Waals surface area contributed by atoms with Crippen molar-refractivity contribution in [3.63, 3.8) is 0 Å². The third-order valence-electron chi connectivity index (χ3n) is 3.89. The number of pyridine rings is 2. The molecule has 28 heavy (non-hydrogen) atoms. The van der Waals surface area contributed by atoms with Crippen molar-refractivity contribution in [3.8, 4) is 16.9 Å². The van der Waals surface area contributed by atoms with Gasteiger partial charge in [-0.05, 0) is 48.9 Å². The number of aromatic nitrogens is 4. The van der Waals surface area contributed by atoms with E-state index in [2.05, 4.69) is 25.1 Å². The van der Waals surface area contributed by atoms with E-state index < -0.39 is 6.36 Å². The fourth-order valence-electron chi connectivity index (χ4n) is 2.80. The average molecular weight is 385 g/mol. The lowest BCUT2D eigenvalue weighted by Crippen LogP contribution is -2.17. The van der Waals surface area contributed by atoms with Crippen LogP contribution in [0.3, 0.4) is 0 Å². The maximum Gasteiger partial charge on any atom is 0.573 e. The van der Waals surface area contributed by atoms with Gasteiger partial charge >= 0.3 is 6.36 Å². The number of ether oxygens (including phenoxy) is 1. The number of rotatable bonds is 4. The number of hydrogen-bond acceptors (Lipinski definition) is 5. The molecule has 0 fully saturated rings. The van der Waals surface area contributed by atoms with Crippen molar-refractivity contribution in [1.29, 1.82) is 0 Å². The van der Waals surface area contributed by atoms with E-state index >= 15 is 0 Å². The zero-order valence-electron chi connectivity index (χ0n) is 14.6. The summed E-state index contributed by atoms with van der Waals surface area (Å²) < 4.78 is 43.1. The van der Waals surface area contributed by atoms with Crippen LogP contribution in [0, 0.1) is 6.92 Å². The molecule has 0 aliphatic heterocycles. The number of nitrogens with one attached hydrogen (secondary N) is 1. The Morgan fingerprint density at radius 3 is 2.71 bits per heavy atom. The van der Waals surface area contributed by atoms with Crippen molar-refractivity contribution in [2.75, 3.05) is 5.32 Å². The summed E-state index contributed by atoms with van der Waals surface area (Å²) in [5.41, 5.74) is 3.29. The van der Waals surface area contributed by atoms with Crippen LogP contribution in [0.2, 0.25) is 0 Å². The van der Waals surface area contributed by atoms with Crippen LogP contribution < -0.4 is 10.1 Å². The van der Waals surface area contributed by atoms with E-state index in [1.807, 2.05) is 13.0 Å². The second-order valence-electron chi connectivity index (χ2n) is 6.01. The molecule has 0 aliphatic rings. The first-order valence-electron chi connectivity index (χ1n) is 8.29. The molecule has 142 valence electrons. The van der Waals surface area contributed by atoms with Crippen LogP contribution in [0.5, 0.6) is 5.75 Å². The van der Waals surface area contributed by atoms with Gasteiger partial charge in [-0.2, -0.15) is 4.98 Å². The molecule has 0 amide bonds. The summed E-state index contributed by atoms with van der Waals surface area (Å²) in [5.74, 6) is 0.0675. The fourth-order valence-corrected chi connectivity index (χ4v) is 2.80. The molecular weight excluding hydrogens is 371 g/mol. The van der Waals surface area contributed by atoms with Gasteiger partial charge in [0.05, 0.1) is 0 Å². The van der Waals surface area contributed by atoms with E-state index in [4.69, 9.17) is 0 Å². The Kier molecular flexibility index (Phi) is 4.34. The summed E-state index contributed by atoms with van der Waals surface area (Å²) in [6, 6.07) is 12.9. The number of halogens is 3. The van der Waals surface area contributed by atoms with Crippen molar-refractivity contribution in [2.24, 2.45) is 0 Å². The van der Waals surface area contributed by atoms with Crippen LogP contribution >= 0.6 is 0 Å². The first-order valence-corrected chi connectivity index (χ1v) is 8.29. The lowest BCUT2D eigenvalue weighted by molar-refractivity contribution is -0.274. The Morgan fingerprint density at radius 1 is 1.07 bits per heavy atom. The van der Waals surface area contributed by atoms with E-state index in [9.17, 15) is 13.2 Å². The zero-order chi connectivity index (χ0) is 19.7. The summed E-state index contributed by atoms with van der Waals surface area (Å²) in [7, 11) is 0. The molecule has 1 N–H and O–H groups in total. The maximum atomic E-state index is 12.5. The minimum atomic E-state index is -4.75. The predicted octanol–water partition coefficient (Wildman–Crippen LogP) is 4.74. The second-order valence-corrected chi connectivity index (χ2v) is 6.01. The zero-order valence-corrected chi connectivity index (χ0v) is 14.6.